The SMILES string of the molecule is Cl.NCC(=O)Nc1cnc2ccccc2c1. The van der Waals surface area contributed by atoms with Gasteiger partial charge in [0.05, 0.1) is 23.9 Å². The molecule has 0 bridgehead atoms. The fourth-order valence-corrected chi connectivity index (χ4v) is 1.35. The zero-order valence-electron chi connectivity index (χ0n) is 8.51. The first-order chi connectivity index (χ1) is 7.29. The number of anilines is 1. The molecule has 2 rings (SSSR count). The number of benzene rings is 1. The van der Waals surface area contributed by atoms with E-state index in [0.29, 0.717) is 5.69 Å². The summed E-state index contributed by atoms with van der Waals surface area (Å²) in [5.74, 6) is -0.216. The first-order valence-electron chi connectivity index (χ1n) is 4.64. The minimum atomic E-state index is -0.216. The lowest BCUT2D eigenvalue weighted by Crippen LogP contribution is -2.21. The lowest BCUT2D eigenvalue weighted by molar-refractivity contribution is -0.114. The van der Waals surface area contributed by atoms with Crippen molar-refractivity contribution in [2.24, 2.45) is 5.73 Å². The highest BCUT2D eigenvalue weighted by molar-refractivity contribution is 5.94. The number of amides is 1. The average molecular weight is 238 g/mol. The van der Waals surface area contributed by atoms with Gasteiger partial charge in [-0.3, -0.25) is 9.78 Å². The number of hydrogen-bond acceptors (Lipinski definition) is 3. The minimum Gasteiger partial charge on any atom is -0.324 e. The zero-order valence-corrected chi connectivity index (χ0v) is 9.33. The Morgan fingerprint density at radius 2 is 2.12 bits per heavy atom. The number of nitrogens with zero attached hydrogens (tertiary/aromatic N) is 1. The van der Waals surface area contributed by atoms with Crippen LogP contribution in [-0.2, 0) is 4.79 Å². The van der Waals surface area contributed by atoms with E-state index in [9.17, 15) is 4.79 Å². The van der Waals surface area contributed by atoms with Crippen molar-refractivity contribution in [3.05, 3.63) is 36.5 Å². The molecule has 0 aliphatic heterocycles. The second-order valence-electron chi connectivity index (χ2n) is 3.17. The number of fused-ring (bicyclic) bond motifs is 1. The topological polar surface area (TPSA) is 68.0 Å². The number of hydrogen-bond donors (Lipinski definition) is 2. The standard InChI is InChI=1S/C11H11N3O.ClH/c12-6-11(15)14-9-5-8-3-1-2-4-10(8)13-7-9;/h1-5,7H,6,12H2,(H,14,15);1H. The summed E-state index contributed by atoms with van der Waals surface area (Å²) in [7, 11) is 0. The Bertz CT molecular complexity index is 501. The highest BCUT2D eigenvalue weighted by Gasteiger charge is 2.00. The minimum absolute atomic E-state index is 0. The number of aromatic nitrogens is 1. The van der Waals surface area contributed by atoms with Crippen molar-refractivity contribution in [1.29, 1.82) is 0 Å². The molecule has 0 spiro atoms. The van der Waals surface area contributed by atoms with Gasteiger partial charge in [-0.1, -0.05) is 18.2 Å². The number of nitrogens with one attached hydrogen (secondary N) is 1. The molecule has 0 fully saturated rings. The maximum Gasteiger partial charge on any atom is 0.238 e. The van der Waals surface area contributed by atoms with E-state index in [1.54, 1.807) is 6.20 Å². The summed E-state index contributed by atoms with van der Waals surface area (Å²) in [6.07, 6.45) is 1.62. The molecule has 0 saturated heterocycles. The van der Waals surface area contributed by atoms with E-state index in [-0.39, 0.29) is 24.9 Å². The fraction of sp³-hybridized carbons (Fsp3) is 0.0909. The molecule has 3 N–H and O–H groups in total. The molecule has 5 heteroatoms. The molecule has 4 nitrogen and oxygen atoms in total. The van der Waals surface area contributed by atoms with Gasteiger partial charge in [0.25, 0.3) is 0 Å². The average Bonchev–Trinajstić information content (AvgIpc) is 2.29. The van der Waals surface area contributed by atoms with E-state index in [1.165, 1.54) is 0 Å². The summed E-state index contributed by atoms with van der Waals surface area (Å²) in [5, 5.41) is 3.65. The number of halogens is 1. The second-order valence-corrected chi connectivity index (χ2v) is 3.17. The van der Waals surface area contributed by atoms with Gasteiger partial charge < -0.3 is 11.1 Å². The third-order valence-electron chi connectivity index (χ3n) is 2.06. The Hall–Kier alpha value is -1.65. The van der Waals surface area contributed by atoms with Crippen molar-refractivity contribution in [2.45, 2.75) is 0 Å². The van der Waals surface area contributed by atoms with Crippen molar-refractivity contribution in [2.75, 3.05) is 11.9 Å². The molecular formula is C11H12ClN3O. The van der Waals surface area contributed by atoms with Crippen LogP contribution in [0.2, 0.25) is 0 Å². The molecule has 1 aromatic heterocycles. The summed E-state index contributed by atoms with van der Waals surface area (Å²) >= 11 is 0. The molecule has 16 heavy (non-hydrogen) atoms. The van der Waals surface area contributed by atoms with Gasteiger partial charge in [0.15, 0.2) is 0 Å². The Kier molecular flexibility index (Phi) is 4.22. The Balaban J connectivity index is 0.00000128. The van der Waals surface area contributed by atoms with Gasteiger partial charge in [0.1, 0.15) is 0 Å². The van der Waals surface area contributed by atoms with Crippen LogP contribution in [0.3, 0.4) is 0 Å². The van der Waals surface area contributed by atoms with Gasteiger partial charge >= 0.3 is 0 Å². The second kappa shape index (κ2) is 5.44. The predicted molar refractivity (Wildman–Crippen MR) is 66.7 cm³/mol. The maximum atomic E-state index is 11.1. The number of pyridine rings is 1. The van der Waals surface area contributed by atoms with Crippen molar-refractivity contribution >= 4 is 34.9 Å². The molecule has 0 atom stereocenters. The smallest absolute Gasteiger partial charge is 0.238 e. The molecule has 0 radical (unpaired) electrons. The molecule has 2 aromatic rings. The van der Waals surface area contributed by atoms with Crippen LogP contribution < -0.4 is 11.1 Å². The van der Waals surface area contributed by atoms with Crippen LogP contribution >= 0.6 is 12.4 Å². The third-order valence-corrected chi connectivity index (χ3v) is 2.06. The van der Waals surface area contributed by atoms with E-state index in [1.807, 2.05) is 30.3 Å². The molecule has 0 saturated carbocycles. The van der Waals surface area contributed by atoms with Crippen LogP contribution in [0, 0.1) is 0 Å². The lowest BCUT2D eigenvalue weighted by atomic mass is 10.2. The normalized spacial score (nSPS) is 9.56. The van der Waals surface area contributed by atoms with Gasteiger partial charge in [-0.25, -0.2) is 0 Å². The van der Waals surface area contributed by atoms with Crippen molar-refractivity contribution in [3.8, 4) is 0 Å². The molecule has 84 valence electrons. The first kappa shape index (κ1) is 12.4. The predicted octanol–water partition coefficient (Wildman–Crippen LogP) is 1.55. The monoisotopic (exact) mass is 237 g/mol. The number of para-hydroxylation sites is 1. The van der Waals surface area contributed by atoms with Crippen LogP contribution in [0.15, 0.2) is 36.5 Å². The van der Waals surface area contributed by atoms with Crippen molar-refractivity contribution in [1.82, 2.24) is 4.98 Å². The Morgan fingerprint density at radius 1 is 1.38 bits per heavy atom. The molecule has 1 heterocycles. The molecular weight excluding hydrogens is 226 g/mol. The summed E-state index contributed by atoms with van der Waals surface area (Å²) in [4.78, 5) is 15.3. The molecule has 0 aliphatic carbocycles. The summed E-state index contributed by atoms with van der Waals surface area (Å²) in [6, 6.07) is 9.59. The maximum absolute atomic E-state index is 11.1. The van der Waals surface area contributed by atoms with Gasteiger partial charge in [0.2, 0.25) is 5.91 Å². The van der Waals surface area contributed by atoms with E-state index >= 15 is 0 Å². The number of rotatable bonds is 2. The quantitative estimate of drug-likeness (QED) is 0.833. The van der Waals surface area contributed by atoms with Gasteiger partial charge in [-0.15, -0.1) is 12.4 Å². The third kappa shape index (κ3) is 2.68. The van der Waals surface area contributed by atoms with Gasteiger partial charge in [0, 0.05) is 5.39 Å². The Morgan fingerprint density at radius 3 is 2.88 bits per heavy atom. The van der Waals surface area contributed by atoms with E-state index < -0.39 is 0 Å². The fourth-order valence-electron chi connectivity index (χ4n) is 1.35. The van der Waals surface area contributed by atoms with E-state index in [0.717, 1.165) is 10.9 Å². The highest BCUT2D eigenvalue weighted by atomic mass is 35.5. The summed E-state index contributed by atoms with van der Waals surface area (Å²) in [5.41, 5.74) is 6.78. The van der Waals surface area contributed by atoms with Crippen LogP contribution in [-0.4, -0.2) is 17.4 Å². The highest BCUT2D eigenvalue weighted by Crippen LogP contribution is 2.15. The van der Waals surface area contributed by atoms with E-state index in [2.05, 4.69) is 10.3 Å². The zero-order chi connectivity index (χ0) is 10.7. The van der Waals surface area contributed by atoms with Crippen LogP contribution in [0.5, 0.6) is 0 Å². The van der Waals surface area contributed by atoms with E-state index in [4.69, 9.17) is 5.73 Å². The molecule has 0 unspecified atom stereocenters. The largest absolute Gasteiger partial charge is 0.324 e. The first-order valence-corrected chi connectivity index (χ1v) is 4.64. The molecule has 0 aliphatic rings. The molecule has 1 amide bonds. The van der Waals surface area contributed by atoms with Gasteiger partial charge in [-0.05, 0) is 12.1 Å². The summed E-state index contributed by atoms with van der Waals surface area (Å²) < 4.78 is 0. The van der Waals surface area contributed by atoms with Crippen LogP contribution in [0.4, 0.5) is 5.69 Å². The van der Waals surface area contributed by atoms with Gasteiger partial charge in [-0.2, -0.15) is 0 Å². The lowest BCUT2D eigenvalue weighted by Gasteiger charge is -2.03. The van der Waals surface area contributed by atoms with Crippen molar-refractivity contribution in [3.63, 3.8) is 0 Å². The van der Waals surface area contributed by atoms with Crippen LogP contribution in [0.1, 0.15) is 0 Å². The van der Waals surface area contributed by atoms with Crippen molar-refractivity contribution < 1.29 is 4.79 Å². The summed E-state index contributed by atoms with van der Waals surface area (Å²) in [6.45, 7) is -0.0210. The number of carbonyl (C=O) groups excluding carboxylic acids is 1. The number of carbonyl (C=O) groups is 1. The molecule has 1 aromatic carbocycles. The number of nitrogens with two attached hydrogens (primary N) is 1. The Labute approximate surface area is 99.3 Å². The van der Waals surface area contributed by atoms with Crippen LogP contribution in [0.25, 0.3) is 10.9 Å².